The molecule has 5 heteroatoms. The maximum absolute atomic E-state index is 10.7. The van der Waals surface area contributed by atoms with Crippen molar-refractivity contribution in [1.82, 2.24) is 4.98 Å². The SMILES string of the molecule is CC(C)Oc1cnc(Cl)c(C(=O)O)c1. The summed E-state index contributed by atoms with van der Waals surface area (Å²) >= 11 is 5.58. The van der Waals surface area contributed by atoms with Crippen LogP contribution >= 0.6 is 11.6 Å². The molecule has 14 heavy (non-hydrogen) atoms. The molecule has 1 heterocycles. The second-order valence-corrected chi connectivity index (χ2v) is 3.34. The van der Waals surface area contributed by atoms with Gasteiger partial charge in [-0.05, 0) is 19.9 Å². The van der Waals surface area contributed by atoms with Gasteiger partial charge in [-0.2, -0.15) is 0 Å². The zero-order valence-corrected chi connectivity index (χ0v) is 8.58. The lowest BCUT2D eigenvalue weighted by molar-refractivity contribution is 0.0695. The summed E-state index contributed by atoms with van der Waals surface area (Å²) in [6.07, 6.45) is 1.37. The topological polar surface area (TPSA) is 59.4 Å². The Morgan fingerprint density at radius 1 is 1.64 bits per heavy atom. The number of carboxylic acids is 1. The Hall–Kier alpha value is -1.29. The summed E-state index contributed by atoms with van der Waals surface area (Å²) in [6, 6.07) is 1.36. The summed E-state index contributed by atoms with van der Waals surface area (Å²) in [6.45, 7) is 3.68. The molecule has 0 aromatic carbocycles. The normalized spacial score (nSPS) is 10.3. The number of hydrogen-bond donors (Lipinski definition) is 1. The van der Waals surface area contributed by atoms with E-state index in [0.29, 0.717) is 5.75 Å². The highest BCUT2D eigenvalue weighted by molar-refractivity contribution is 6.32. The standard InChI is InChI=1S/C9H10ClNO3/c1-5(2)14-6-3-7(9(12)13)8(10)11-4-6/h3-5H,1-2H3,(H,12,13). The fourth-order valence-electron chi connectivity index (χ4n) is 0.916. The van der Waals surface area contributed by atoms with Crippen molar-refractivity contribution in [2.75, 3.05) is 0 Å². The van der Waals surface area contributed by atoms with Crippen molar-refractivity contribution >= 4 is 17.6 Å². The quantitative estimate of drug-likeness (QED) is 0.786. The van der Waals surface area contributed by atoms with E-state index in [4.69, 9.17) is 21.4 Å². The third-order valence-corrected chi connectivity index (χ3v) is 1.72. The molecule has 0 saturated heterocycles. The van der Waals surface area contributed by atoms with Crippen molar-refractivity contribution < 1.29 is 14.6 Å². The molecule has 0 amide bonds. The number of aromatic carboxylic acids is 1. The molecule has 0 aliphatic heterocycles. The molecule has 0 bridgehead atoms. The van der Waals surface area contributed by atoms with Gasteiger partial charge in [0.1, 0.15) is 16.5 Å². The summed E-state index contributed by atoms with van der Waals surface area (Å²) < 4.78 is 5.28. The smallest absolute Gasteiger partial charge is 0.338 e. The van der Waals surface area contributed by atoms with Crippen LogP contribution in [0.2, 0.25) is 5.15 Å². The first-order chi connectivity index (χ1) is 6.50. The fraction of sp³-hybridized carbons (Fsp3) is 0.333. The molecule has 0 saturated carbocycles. The minimum atomic E-state index is -1.11. The molecule has 4 nitrogen and oxygen atoms in total. The Morgan fingerprint density at radius 2 is 2.29 bits per heavy atom. The molecule has 0 spiro atoms. The molecule has 0 fully saturated rings. The van der Waals surface area contributed by atoms with Gasteiger partial charge in [-0.25, -0.2) is 9.78 Å². The Labute approximate surface area is 86.5 Å². The minimum Gasteiger partial charge on any atom is -0.489 e. The highest BCUT2D eigenvalue weighted by Crippen LogP contribution is 2.19. The highest BCUT2D eigenvalue weighted by atomic mass is 35.5. The van der Waals surface area contributed by atoms with Crippen LogP contribution in [0, 0.1) is 0 Å². The minimum absolute atomic E-state index is 0.0281. The molecule has 0 unspecified atom stereocenters. The Bertz CT molecular complexity index is 352. The van der Waals surface area contributed by atoms with E-state index in [1.807, 2.05) is 13.8 Å². The van der Waals surface area contributed by atoms with Gasteiger partial charge in [0, 0.05) is 0 Å². The molecule has 0 radical (unpaired) electrons. The molecule has 1 N–H and O–H groups in total. The highest BCUT2D eigenvalue weighted by Gasteiger charge is 2.11. The number of rotatable bonds is 3. The van der Waals surface area contributed by atoms with E-state index in [1.165, 1.54) is 12.3 Å². The van der Waals surface area contributed by atoms with E-state index >= 15 is 0 Å². The zero-order chi connectivity index (χ0) is 10.7. The average molecular weight is 216 g/mol. The van der Waals surface area contributed by atoms with E-state index < -0.39 is 5.97 Å². The van der Waals surface area contributed by atoms with Gasteiger partial charge < -0.3 is 9.84 Å². The second kappa shape index (κ2) is 4.28. The summed E-state index contributed by atoms with van der Waals surface area (Å²) in [5.74, 6) is -0.710. The van der Waals surface area contributed by atoms with Crippen LogP contribution in [-0.4, -0.2) is 22.2 Å². The monoisotopic (exact) mass is 215 g/mol. The van der Waals surface area contributed by atoms with Gasteiger partial charge in [-0.15, -0.1) is 0 Å². The first kappa shape index (κ1) is 10.8. The molecular formula is C9H10ClNO3. The number of nitrogens with zero attached hydrogens (tertiary/aromatic N) is 1. The first-order valence-corrected chi connectivity index (χ1v) is 4.44. The third-order valence-electron chi connectivity index (χ3n) is 1.42. The van der Waals surface area contributed by atoms with Gasteiger partial charge in [-0.3, -0.25) is 0 Å². The Balaban J connectivity index is 3.00. The Morgan fingerprint density at radius 3 is 2.79 bits per heavy atom. The maximum Gasteiger partial charge on any atom is 0.338 e. The lowest BCUT2D eigenvalue weighted by atomic mass is 10.3. The fourth-order valence-corrected chi connectivity index (χ4v) is 1.10. The van der Waals surface area contributed by atoms with Crippen LogP contribution in [0.25, 0.3) is 0 Å². The van der Waals surface area contributed by atoms with Crippen LogP contribution in [0.5, 0.6) is 5.75 Å². The summed E-state index contributed by atoms with van der Waals surface area (Å²) in [4.78, 5) is 14.4. The molecule has 1 aromatic rings. The van der Waals surface area contributed by atoms with Crippen molar-refractivity contribution in [2.45, 2.75) is 20.0 Å². The van der Waals surface area contributed by atoms with Crippen LogP contribution < -0.4 is 4.74 Å². The van der Waals surface area contributed by atoms with Crippen LogP contribution in [-0.2, 0) is 0 Å². The van der Waals surface area contributed by atoms with E-state index in [2.05, 4.69) is 4.98 Å². The molecular weight excluding hydrogens is 206 g/mol. The van der Waals surface area contributed by atoms with Gasteiger partial charge in [0.2, 0.25) is 0 Å². The number of ether oxygens (including phenoxy) is 1. The van der Waals surface area contributed by atoms with Gasteiger partial charge in [0.25, 0.3) is 0 Å². The molecule has 0 aliphatic rings. The molecule has 0 atom stereocenters. The Kier molecular flexibility index (Phi) is 3.30. The van der Waals surface area contributed by atoms with Gasteiger partial charge in [-0.1, -0.05) is 11.6 Å². The van der Waals surface area contributed by atoms with Crippen molar-refractivity contribution in [3.63, 3.8) is 0 Å². The lowest BCUT2D eigenvalue weighted by Gasteiger charge is -2.09. The third kappa shape index (κ3) is 2.60. The summed E-state index contributed by atoms with van der Waals surface area (Å²) in [5.41, 5.74) is -0.0511. The number of hydrogen-bond acceptors (Lipinski definition) is 3. The molecule has 76 valence electrons. The van der Waals surface area contributed by atoms with Crippen molar-refractivity contribution in [1.29, 1.82) is 0 Å². The predicted molar refractivity (Wildman–Crippen MR) is 52.0 cm³/mol. The number of carbonyl (C=O) groups is 1. The van der Waals surface area contributed by atoms with E-state index in [-0.39, 0.29) is 16.8 Å². The zero-order valence-electron chi connectivity index (χ0n) is 7.82. The van der Waals surface area contributed by atoms with Gasteiger partial charge in [0.05, 0.1) is 12.3 Å². The predicted octanol–water partition coefficient (Wildman–Crippen LogP) is 2.22. The molecule has 0 aliphatic carbocycles. The number of carboxylic acid groups (broad SMARTS) is 1. The van der Waals surface area contributed by atoms with E-state index in [0.717, 1.165) is 0 Å². The number of aromatic nitrogens is 1. The summed E-state index contributed by atoms with van der Waals surface area (Å²) in [7, 11) is 0. The second-order valence-electron chi connectivity index (χ2n) is 2.98. The summed E-state index contributed by atoms with van der Waals surface area (Å²) in [5, 5.41) is 8.71. The maximum atomic E-state index is 10.7. The van der Waals surface area contributed by atoms with Crippen LogP contribution in [0.15, 0.2) is 12.3 Å². The van der Waals surface area contributed by atoms with Gasteiger partial charge in [0.15, 0.2) is 0 Å². The van der Waals surface area contributed by atoms with Crippen molar-refractivity contribution in [3.05, 3.63) is 23.0 Å². The molecule has 1 aromatic heterocycles. The average Bonchev–Trinajstić information content (AvgIpc) is 2.07. The molecule has 1 rings (SSSR count). The number of pyridine rings is 1. The number of halogens is 1. The van der Waals surface area contributed by atoms with E-state index in [1.54, 1.807) is 0 Å². The van der Waals surface area contributed by atoms with Crippen LogP contribution in [0.1, 0.15) is 24.2 Å². The van der Waals surface area contributed by atoms with Crippen molar-refractivity contribution in [2.24, 2.45) is 0 Å². The van der Waals surface area contributed by atoms with Crippen LogP contribution in [0.4, 0.5) is 0 Å². The van der Waals surface area contributed by atoms with E-state index in [9.17, 15) is 4.79 Å². The van der Waals surface area contributed by atoms with Gasteiger partial charge >= 0.3 is 5.97 Å². The van der Waals surface area contributed by atoms with Crippen molar-refractivity contribution in [3.8, 4) is 5.75 Å². The largest absolute Gasteiger partial charge is 0.489 e. The van der Waals surface area contributed by atoms with Crippen LogP contribution in [0.3, 0.4) is 0 Å². The lowest BCUT2D eigenvalue weighted by Crippen LogP contribution is -2.07. The first-order valence-electron chi connectivity index (χ1n) is 4.06.